The third-order valence-corrected chi connectivity index (χ3v) is 11.7. The van der Waals surface area contributed by atoms with Crippen molar-refractivity contribution in [1.29, 1.82) is 0 Å². The first-order chi connectivity index (χ1) is 20.1. The Morgan fingerprint density at radius 1 is 0.714 bits per heavy atom. The van der Waals surface area contributed by atoms with Crippen LogP contribution < -0.4 is 4.90 Å². The number of nitrogens with zero attached hydrogens (tertiary/aromatic N) is 5. The molecule has 0 atom stereocenters. The fourth-order valence-corrected chi connectivity index (χ4v) is 9.22. The van der Waals surface area contributed by atoms with Crippen molar-refractivity contribution in [3.63, 3.8) is 0 Å². The number of benzene rings is 1. The first-order valence-corrected chi connectivity index (χ1v) is 16.7. The van der Waals surface area contributed by atoms with Crippen molar-refractivity contribution in [3.05, 3.63) is 47.5 Å². The minimum Gasteiger partial charge on any atom is -0.352 e. The summed E-state index contributed by atoms with van der Waals surface area (Å²) in [5, 5.41) is 4.85. The topological polar surface area (TPSA) is 46.8 Å². The van der Waals surface area contributed by atoms with Gasteiger partial charge < -0.3 is 4.90 Å². The van der Waals surface area contributed by atoms with E-state index >= 15 is 4.39 Å². The van der Waals surface area contributed by atoms with Gasteiger partial charge in [-0.3, -0.25) is 4.68 Å². The summed E-state index contributed by atoms with van der Waals surface area (Å²) in [6, 6.07) is 10.5. The van der Waals surface area contributed by atoms with E-state index in [2.05, 4.69) is 50.8 Å². The molecule has 0 spiro atoms. The van der Waals surface area contributed by atoms with Crippen LogP contribution in [-0.2, 0) is 17.9 Å². The molecule has 0 aliphatic heterocycles. The van der Waals surface area contributed by atoms with Gasteiger partial charge in [0.1, 0.15) is 11.6 Å². The molecule has 3 aromatic rings. The van der Waals surface area contributed by atoms with Gasteiger partial charge in [0.25, 0.3) is 0 Å². The number of aryl methyl sites for hydroxylation is 1. The van der Waals surface area contributed by atoms with Crippen molar-refractivity contribution >= 4 is 5.82 Å². The zero-order valence-corrected chi connectivity index (χ0v) is 26.3. The molecule has 0 radical (unpaired) electrons. The molecule has 0 saturated heterocycles. The third kappa shape index (κ3) is 4.77. The second kappa shape index (κ2) is 10.4. The van der Waals surface area contributed by atoms with Crippen molar-refractivity contribution in [1.82, 2.24) is 19.7 Å². The number of aromatic nitrogens is 4. The van der Waals surface area contributed by atoms with E-state index in [1.165, 1.54) is 88.4 Å². The van der Waals surface area contributed by atoms with Gasteiger partial charge in [0.2, 0.25) is 0 Å². The lowest BCUT2D eigenvalue weighted by Gasteiger charge is -2.48. The molecular weight excluding hydrogens is 521 g/mol. The van der Waals surface area contributed by atoms with Crippen molar-refractivity contribution in [3.8, 4) is 22.6 Å². The highest BCUT2D eigenvalue weighted by Crippen LogP contribution is 2.54. The first-order valence-electron chi connectivity index (χ1n) is 16.7. The van der Waals surface area contributed by atoms with Crippen LogP contribution in [0.15, 0.2) is 30.3 Å². The average molecular weight is 570 g/mol. The summed E-state index contributed by atoms with van der Waals surface area (Å²) >= 11 is 0. The molecule has 0 unspecified atom stereocenters. The summed E-state index contributed by atoms with van der Waals surface area (Å²) in [7, 11) is 1.98. The lowest BCUT2D eigenvalue weighted by Crippen LogP contribution is -2.41. The molecule has 6 aliphatic rings. The Bertz CT molecular complexity index is 1370. The SMILES string of the molecule is CC(C)N(c1cc(-c2cc(F)cc(-c3nc(C45CCC(CC4)CC5)cc(C45CCC(CC4)CC5)n3)c2)nn1C)C(C)C. The van der Waals surface area contributed by atoms with Crippen LogP contribution in [0.5, 0.6) is 0 Å². The zero-order valence-electron chi connectivity index (χ0n) is 26.3. The first kappa shape index (κ1) is 28.0. The molecule has 6 saturated carbocycles. The van der Waals surface area contributed by atoms with E-state index in [0.29, 0.717) is 17.9 Å². The van der Waals surface area contributed by atoms with E-state index in [9.17, 15) is 0 Å². The smallest absolute Gasteiger partial charge is 0.159 e. The van der Waals surface area contributed by atoms with Gasteiger partial charge in [-0.15, -0.1) is 0 Å². The van der Waals surface area contributed by atoms with Crippen molar-refractivity contribution in [2.75, 3.05) is 4.90 Å². The highest BCUT2D eigenvalue weighted by molar-refractivity contribution is 5.70. The molecule has 9 rings (SSSR count). The molecule has 6 fully saturated rings. The largest absolute Gasteiger partial charge is 0.352 e. The van der Waals surface area contributed by atoms with Gasteiger partial charge in [0.05, 0.1) is 17.1 Å². The van der Waals surface area contributed by atoms with Crippen LogP contribution in [-0.4, -0.2) is 31.8 Å². The predicted molar refractivity (Wildman–Crippen MR) is 168 cm³/mol. The summed E-state index contributed by atoms with van der Waals surface area (Å²) in [5.41, 5.74) is 5.12. The van der Waals surface area contributed by atoms with E-state index in [0.717, 1.165) is 34.5 Å². The Labute approximate surface area is 251 Å². The van der Waals surface area contributed by atoms with Gasteiger partial charge in [-0.25, -0.2) is 14.4 Å². The number of fused-ring (bicyclic) bond motifs is 6. The Hall–Kier alpha value is -2.76. The maximum atomic E-state index is 15.4. The van der Waals surface area contributed by atoms with Crippen LogP contribution in [0.4, 0.5) is 10.2 Å². The number of anilines is 1. The lowest BCUT2D eigenvalue weighted by atomic mass is 9.57. The molecular formula is C36H48FN5. The van der Waals surface area contributed by atoms with Gasteiger partial charge in [0, 0.05) is 47.2 Å². The van der Waals surface area contributed by atoms with E-state index in [-0.39, 0.29) is 16.6 Å². The Morgan fingerprint density at radius 2 is 1.19 bits per heavy atom. The highest BCUT2D eigenvalue weighted by Gasteiger charge is 2.46. The summed E-state index contributed by atoms with van der Waals surface area (Å²) in [5.74, 6) is 3.28. The molecule has 6 heteroatoms. The van der Waals surface area contributed by atoms with Gasteiger partial charge >= 0.3 is 0 Å². The fourth-order valence-electron chi connectivity index (χ4n) is 9.22. The maximum absolute atomic E-state index is 15.4. The molecule has 5 nitrogen and oxygen atoms in total. The van der Waals surface area contributed by atoms with Crippen molar-refractivity contribution < 1.29 is 4.39 Å². The van der Waals surface area contributed by atoms with Crippen molar-refractivity contribution in [2.45, 2.75) is 128 Å². The van der Waals surface area contributed by atoms with E-state index in [1.807, 2.05) is 11.7 Å². The summed E-state index contributed by atoms with van der Waals surface area (Å²) in [6.07, 6.45) is 15.3. The molecule has 224 valence electrons. The van der Waals surface area contributed by atoms with Crippen LogP contribution in [0.3, 0.4) is 0 Å². The monoisotopic (exact) mass is 569 g/mol. The van der Waals surface area contributed by atoms with Gasteiger partial charge in [-0.2, -0.15) is 5.10 Å². The standard InChI is InChI=1S/C36H48FN5/c1-23(2)42(24(3)4)33-21-30(40-41(33)5)27-18-28(20-29(37)19-27)34-38-31(35-12-6-25(7-13-35)8-14-35)22-32(39-34)36-15-9-26(10-16-36)11-17-36/h18-26H,6-17H2,1-5H3. The summed E-state index contributed by atoms with van der Waals surface area (Å²) in [6.45, 7) is 8.80. The van der Waals surface area contributed by atoms with E-state index in [1.54, 1.807) is 12.1 Å². The molecule has 4 bridgehead atoms. The minimum absolute atomic E-state index is 0.160. The number of halogens is 1. The Balaban J connectivity index is 1.33. The third-order valence-electron chi connectivity index (χ3n) is 11.7. The Morgan fingerprint density at radius 3 is 1.67 bits per heavy atom. The van der Waals surface area contributed by atoms with Crippen LogP contribution in [0.25, 0.3) is 22.6 Å². The van der Waals surface area contributed by atoms with E-state index < -0.39 is 0 Å². The minimum atomic E-state index is -0.262. The fraction of sp³-hybridized carbons (Fsp3) is 0.639. The molecule has 1 aromatic carbocycles. The maximum Gasteiger partial charge on any atom is 0.159 e. The number of hydrogen-bond donors (Lipinski definition) is 0. The summed E-state index contributed by atoms with van der Waals surface area (Å²) < 4.78 is 17.3. The molecule has 6 aliphatic carbocycles. The molecule has 2 aromatic heterocycles. The van der Waals surface area contributed by atoms with Crippen LogP contribution in [0.2, 0.25) is 0 Å². The molecule has 0 N–H and O–H groups in total. The average Bonchev–Trinajstić information content (AvgIpc) is 3.39. The van der Waals surface area contributed by atoms with Crippen LogP contribution >= 0.6 is 0 Å². The van der Waals surface area contributed by atoms with Gasteiger partial charge in [-0.05, 0) is 141 Å². The number of hydrogen-bond acceptors (Lipinski definition) is 4. The molecule has 2 heterocycles. The van der Waals surface area contributed by atoms with Crippen LogP contribution in [0.1, 0.15) is 116 Å². The quantitative estimate of drug-likeness (QED) is 0.285. The molecule has 0 amide bonds. The zero-order chi connectivity index (χ0) is 29.2. The number of rotatable bonds is 7. The second-order valence-corrected chi connectivity index (χ2v) is 14.8. The van der Waals surface area contributed by atoms with Crippen LogP contribution in [0, 0.1) is 17.7 Å². The lowest BCUT2D eigenvalue weighted by molar-refractivity contribution is 0.125. The second-order valence-electron chi connectivity index (χ2n) is 14.8. The molecule has 42 heavy (non-hydrogen) atoms. The van der Waals surface area contributed by atoms with Gasteiger partial charge in [-0.1, -0.05) is 0 Å². The predicted octanol–water partition coefficient (Wildman–Crippen LogP) is 8.75. The highest BCUT2D eigenvalue weighted by atomic mass is 19.1. The normalized spacial score (nSPS) is 28.7. The summed E-state index contributed by atoms with van der Waals surface area (Å²) in [4.78, 5) is 13.0. The van der Waals surface area contributed by atoms with E-state index in [4.69, 9.17) is 15.1 Å². The van der Waals surface area contributed by atoms with Gasteiger partial charge in [0.15, 0.2) is 5.82 Å². The van der Waals surface area contributed by atoms with Crippen molar-refractivity contribution in [2.24, 2.45) is 18.9 Å². The Kier molecular flexibility index (Phi) is 6.98.